The lowest BCUT2D eigenvalue weighted by molar-refractivity contribution is -0.122. The number of pyridine rings is 1. The lowest BCUT2D eigenvalue weighted by Crippen LogP contribution is -2.25. The van der Waals surface area contributed by atoms with Crippen LogP contribution in [-0.2, 0) is 11.3 Å². The molecule has 1 saturated carbocycles. The van der Waals surface area contributed by atoms with E-state index in [0.29, 0.717) is 6.54 Å². The Morgan fingerprint density at radius 3 is 3.00 bits per heavy atom. The van der Waals surface area contributed by atoms with Crippen molar-refractivity contribution in [3.63, 3.8) is 0 Å². The van der Waals surface area contributed by atoms with Gasteiger partial charge in [-0.1, -0.05) is 6.07 Å². The predicted molar refractivity (Wildman–Crippen MR) is 87.5 cm³/mol. The Labute approximate surface area is 139 Å². The molecule has 2 atom stereocenters. The third kappa shape index (κ3) is 2.71. The van der Waals surface area contributed by atoms with E-state index in [1.54, 1.807) is 18.7 Å². The van der Waals surface area contributed by atoms with Crippen molar-refractivity contribution in [2.24, 2.45) is 5.92 Å². The standard InChI is InChI=1S/C18H18N4O2/c1-12-19-7-8-22(12)17-13(4-2-6-20-17)11-21-18(23)15-10-14(15)16-5-3-9-24-16/h2-9,14-15H,10-11H2,1H3,(H,21,23). The summed E-state index contributed by atoms with van der Waals surface area (Å²) >= 11 is 0. The van der Waals surface area contributed by atoms with Crippen LogP contribution >= 0.6 is 0 Å². The Balaban J connectivity index is 1.44. The SMILES string of the molecule is Cc1nccn1-c1ncccc1CNC(=O)C1CC1c1ccco1. The summed E-state index contributed by atoms with van der Waals surface area (Å²) in [6, 6.07) is 7.63. The van der Waals surface area contributed by atoms with Gasteiger partial charge in [-0.25, -0.2) is 9.97 Å². The smallest absolute Gasteiger partial charge is 0.224 e. The number of carbonyl (C=O) groups excluding carboxylic acids is 1. The van der Waals surface area contributed by atoms with Crippen molar-refractivity contribution in [1.29, 1.82) is 0 Å². The highest BCUT2D eigenvalue weighted by Crippen LogP contribution is 2.47. The van der Waals surface area contributed by atoms with Crippen molar-refractivity contribution in [2.75, 3.05) is 0 Å². The number of furan rings is 1. The minimum absolute atomic E-state index is 0.00579. The van der Waals surface area contributed by atoms with Crippen LogP contribution in [0, 0.1) is 12.8 Å². The molecule has 6 nitrogen and oxygen atoms in total. The highest BCUT2D eigenvalue weighted by Gasteiger charge is 2.45. The number of amides is 1. The van der Waals surface area contributed by atoms with E-state index < -0.39 is 0 Å². The van der Waals surface area contributed by atoms with Gasteiger partial charge in [0.25, 0.3) is 0 Å². The summed E-state index contributed by atoms with van der Waals surface area (Å²) in [7, 11) is 0. The largest absolute Gasteiger partial charge is 0.469 e. The van der Waals surface area contributed by atoms with Gasteiger partial charge in [-0.3, -0.25) is 9.36 Å². The number of hydrogen-bond acceptors (Lipinski definition) is 4. The Morgan fingerprint density at radius 1 is 1.33 bits per heavy atom. The number of hydrogen-bond donors (Lipinski definition) is 1. The maximum atomic E-state index is 12.4. The summed E-state index contributed by atoms with van der Waals surface area (Å²) < 4.78 is 7.30. The van der Waals surface area contributed by atoms with Crippen LogP contribution in [0.2, 0.25) is 0 Å². The molecule has 6 heteroatoms. The van der Waals surface area contributed by atoms with E-state index in [1.807, 2.05) is 42.0 Å². The third-order valence-corrected chi connectivity index (χ3v) is 4.41. The van der Waals surface area contributed by atoms with E-state index in [-0.39, 0.29) is 17.7 Å². The lowest BCUT2D eigenvalue weighted by Gasteiger charge is -2.11. The molecule has 0 aromatic carbocycles. The van der Waals surface area contributed by atoms with Crippen LogP contribution in [-0.4, -0.2) is 20.4 Å². The molecule has 0 bridgehead atoms. The summed E-state index contributed by atoms with van der Waals surface area (Å²) in [5.74, 6) is 2.84. The monoisotopic (exact) mass is 322 g/mol. The van der Waals surface area contributed by atoms with Crippen LogP contribution in [0.1, 0.15) is 29.5 Å². The number of nitrogens with one attached hydrogen (secondary N) is 1. The molecule has 1 amide bonds. The summed E-state index contributed by atoms with van der Waals surface area (Å²) in [6.45, 7) is 2.37. The van der Waals surface area contributed by atoms with Gasteiger partial charge in [-0.05, 0) is 31.5 Å². The van der Waals surface area contributed by atoms with Gasteiger partial charge in [0.2, 0.25) is 5.91 Å². The minimum atomic E-state index is 0.00579. The Kier molecular flexibility index (Phi) is 3.65. The van der Waals surface area contributed by atoms with E-state index in [0.717, 1.165) is 29.4 Å². The molecule has 0 radical (unpaired) electrons. The molecule has 0 spiro atoms. The quantitative estimate of drug-likeness (QED) is 0.783. The molecule has 3 aromatic heterocycles. The predicted octanol–water partition coefficient (Wildman–Crippen LogP) is 2.59. The Bertz CT molecular complexity index is 854. The molecule has 1 aliphatic rings. The molecule has 0 saturated heterocycles. The number of rotatable bonds is 5. The zero-order valence-electron chi connectivity index (χ0n) is 13.3. The second-order valence-corrected chi connectivity index (χ2v) is 6.01. The molecule has 2 unspecified atom stereocenters. The Hall–Kier alpha value is -2.89. The Morgan fingerprint density at radius 2 is 2.25 bits per heavy atom. The summed E-state index contributed by atoms with van der Waals surface area (Å²) in [6.07, 6.45) is 7.85. The fourth-order valence-corrected chi connectivity index (χ4v) is 3.00. The zero-order valence-corrected chi connectivity index (χ0v) is 13.3. The highest BCUT2D eigenvalue weighted by molar-refractivity contribution is 5.82. The van der Waals surface area contributed by atoms with Gasteiger partial charge >= 0.3 is 0 Å². The number of aromatic nitrogens is 3. The first-order valence-electron chi connectivity index (χ1n) is 7.99. The fourth-order valence-electron chi connectivity index (χ4n) is 3.00. The molecule has 0 aliphatic heterocycles. The van der Waals surface area contributed by atoms with Crippen LogP contribution in [0.5, 0.6) is 0 Å². The van der Waals surface area contributed by atoms with Crippen molar-refractivity contribution in [2.45, 2.75) is 25.8 Å². The number of carbonyl (C=O) groups is 1. The highest BCUT2D eigenvalue weighted by atomic mass is 16.3. The molecule has 4 rings (SSSR count). The summed E-state index contributed by atoms with van der Waals surface area (Å²) in [4.78, 5) is 21.0. The molecular formula is C18H18N4O2. The normalized spacial score (nSPS) is 19.2. The van der Waals surface area contributed by atoms with Crippen molar-refractivity contribution < 1.29 is 9.21 Å². The third-order valence-electron chi connectivity index (χ3n) is 4.41. The molecule has 122 valence electrons. The molecule has 24 heavy (non-hydrogen) atoms. The minimum Gasteiger partial charge on any atom is -0.469 e. The second kappa shape index (κ2) is 5.96. The maximum Gasteiger partial charge on any atom is 0.224 e. The average Bonchev–Trinajstić information content (AvgIpc) is 3.01. The fraction of sp³-hybridized carbons (Fsp3) is 0.278. The first kappa shape index (κ1) is 14.7. The number of nitrogens with zero attached hydrogens (tertiary/aromatic N) is 3. The zero-order chi connectivity index (χ0) is 16.5. The van der Waals surface area contributed by atoms with Crippen LogP contribution in [0.3, 0.4) is 0 Å². The van der Waals surface area contributed by atoms with E-state index >= 15 is 0 Å². The first-order chi connectivity index (χ1) is 11.7. The van der Waals surface area contributed by atoms with E-state index in [1.165, 1.54) is 0 Å². The molecule has 1 N–H and O–H groups in total. The van der Waals surface area contributed by atoms with E-state index in [9.17, 15) is 4.79 Å². The average molecular weight is 322 g/mol. The molecular weight excluding hydrogens is 304 g/mol. The maximum absolute atomic E-state index is 12.4. The van der Waals surface area contributed by atoms with Crippen molar-refractivity contribution in [1.82, 2.24) is 19.9 Å². The van der Waals surface area contributed by atoms with Gasteiger partial charge in [0, 0.05) is 42.5 Å². The van der Waals surface area contributed by atoms with Gasteiger partial charge in [0.1, 0.15) is 17.4 Å². The number of aryl methyl sites for hydroxylation is 1. The topological polar surface area (TPSA) is 73.0 Å². The van der Waals surface area contributed by atoms with Gasteiger partial charge < -0.3 is 9.73 Å². The summed E-state index contributed by atoms with van der Waals surface area (Å²) in [5, 5.41) is 3.02. The molecule has 3 heterocycles. The van der Waals surface area contributed by atoms with Crippen molar-refractivity contribution >= 4 is 5.91 Å². The number of imidazole rings is 1. The second-order valence-electron chi connectivity index (χ2n) is 6.01. The van der Waals surface area contributed by atoms with Gasteiger partial charge in [0.15, 0.2) is 0 Å². The van der Waals surface area contributed by atoms with Crippen LogP contribution in [0.25, 0.3) is 5.82 Å². The van der Waals surface area contributed by atoms with Gasteiger partial charge in [-0.2, -0.15) is 0 Å². The first-order valence-corrected chi connectivity index (χ1v) is 7.99. The summed E-state index contributed by atoms with van der Waals surface area (Å²) in [5.41, 5.74) is 0.960. The van der Waals surface area contributed by atoms with Crippen LogP contribution in [0.15, 0.2) is 53.5 Å². The van der Waals surface area contributed by atoms with E-state index in [4.69, 9.17) is 4.42 Å². The molecule has 1 aliphatic carbocycles. The van der Waals surface area contributed by atoms with Gasteiger partial charge in [-0.15, -0.1) is 0 Å². The molecule has 1 fully saturated rings. The van der Waals surface area contributed by atoms with Crippen LogP contribution < -0.4 is 5.32 Å². The lowest BCUT2D eigenvalue weighted by atomic mass is 10.2. The van der Waals surface area contributed by atoms with Crippen molar-refractivity contribution in [3.8, 4) is 5.82 Å². The van der Waals surface area contributed by atoms with E-state index in [2.05, 4.69) is 15.3 Å². The van der Waals surface area contributed by atoms with Gasteiger partial charge in [0.05, 0.1) is 6.26 Å². The van der Waals surface area contributed by atoms with Crippen LogP contribution in [0.4, 0.5) is 0 Å². The van der Waals surface area contributed by atoms with Crippen molar-refractivity contribution in [3.05, 3.63) is 66.3 Å². The molecule has 3 aromatic rings.